The van der Waals surface area contributed by atoms with Crippen molar-refractivity contribution in [1.82, 2.24) is 0 Å². The molecule has 146 valence electrons. The van der Waals surface area contributed by atoms with Crippen LogP contribution in [0.4, 0.5) is 10.5 Å². The third-order valence-corrected chi connectivity index (χ3v) is 4.54. The van der Waals surface area contributed by atoms with Crippen LogP contribution < -0.4 is 5.32 Å². The van der Waals surface area contributed by atoms with Gasteiger partial charge < -0.3 is 0 Å². The lowest BCUT2D eigenvalue weighted by atomic mass is 10.0. The molecule has 30 heavy (non-hydrogen) atoms. The fourth-order valence-corrected chi connectivity index (χ4v) is 3.10. The molecule has 0 aromatic heterocycles. The Morgan fingerprint density at radius 2 is 1.27 bits per heavy atom. The Bertz CT molecular complexity index is 1210. The van der Waals surface area contributed by atoms with Crippen LogP contribution in [0, 0.1) is 0 Å². The van der Waals surface area contributed by atoms with Gasteiger partial charge in [0.25, 0.3) is 0 Å². The molecule has 5 nitrogen and oxygen atoms in total. The van der Waals surface area contributed by atoms with Crippen molar-refractivity contribution in [3.05, 3.63) is 114 Å². The first-order valence-corrected chi connectivity index (χ1v) is 9.41. The number of nitrogens with one attached hydrogen (secondary N) is 1. The second-order valence-electron chi connectivity index (χ2n) is 6.53. The van der Waals surface area contributed by atoms with Crippen molar-refractivity contribution in [3.8, 4) is 0 Å². The zero-order chi connectivity index (χ0) is 20.8. The maximum atomic E-state index is 12.9. The number of amides is 1. The number of anilines is 1. The summed E-state index contributed by atoms with van der Waals surface area (Å²) in [7, 11) is 0. The van der Waals surface area contributed by atoms with E-state index in [0.29, 0.717) is 16.8 Å². The van der Waals surface area contributed by atoms with Gasteiger partial charge in [0.1, 0.15) is 0 Å². The second-order valence-corrected chi connectivity index (χ2v) is 6.53. The van der Waals surface area contributed by atoms with E-state index in [2.05, 4.69) is 10.5 Å². The molecule has 0 fully saturated rings. The number of carbonyl (C=O) groups is 2. The molecule has 0 radical (unpaired) electrons. The number of hydrogen-bond acceptors (Lipinski definition) is 4. The molecule has 0 bridgehead atoms. The van der Waals surface area contributed by atoms with Crippen molar-refractivity contribution in [2.45, 2.75) is 0 Å². The second kappa shape index (κ2) is 8.84. The van der Waals surface area contributed by atoms with Crippen LogP contribution in [0.15, 0.2) is 108 Å². The topological polar surface area (TPSA) is 67.8 Å². The quantitative estimate of drug-likeness (QED) is 0.205. The minimum atomic E-state index is -0.777. The highest BCUT2D eigenvalue weighted by Crippen LogP contribution is 2.23. The standard InChI is InChI=1S/C25H18N2O3/c28-24(20-13-5-2-6-14-20)23(19-11-3-1-4-12-19)27-30-25(29)26-22-17-9-15-18-10-7-8-16-21(18)22/h1-17H,(H,26,29)/b27-23+. The minimum Gasteiger partial charge on any atom is -0.297 e. The molecule has 4 aromatic rings. The lowest BCUT2D eigenvalue weighted by Crippen LogP contribution is -2.19. The van der Waals surface area contributed by atoms with E-state index in [1.807, 2.05) is 48.5 Å². The van der Waals surface area contributed by atoms with Crippen molar-refractivity contribution in [2.24, 2.45) is 5.16 Å². The number of hydrogen-bond donors (Lipinski definition) is 1. The van der Waals surface area contributed by atoms with E-state index < -0.39 is 6.09 Å². The molecule has 0 aliphatic rings. The van der Waals surface area contributed by atoms with Gasteiger partial charge in [0.15, 0.2) is 5.71 Å². The molecule has 4 aromatic carbocycles. The van der Waals surface area contributed by atoms with Crippen LogP contribution in [0.25, 0.3) is 10.8 Å². The van der Waals surface area contributed by atoms with Crippen molar-refractivity contribution in [1.29, 1.82) is 0 Å². The van der Waals surface area contributed by atoms with E-state index in [-0.39, 0.29) is 11.5 Å². The Labute approximate surface area is 173 Å². The summed E-state index contributed by atoms with van der Waals surface area (Å²) in [6.07, 6.45) is -0.777. The molecule has 0 aliphatic heterocycles. The molecule has 5 heteroatoms. The predicted molar refractivity (Wildman–Crippen MR) is 118 cm³/mol. The number of fused-ring (bicyclic) bond motifs is 1. The van der Waals surface area contributed by atoms with Crippen LogP contribution in [-0.4, -0.2) is 17.6 Å². The highest BCUT2D eigenvalue weighted by Gasteiger charge is 2.18. The number of rotatable bonds is 5. The molecule has 1 amide bonds. The van der Waals surface area contributed by atoms with Crippen LogP contribution in [0.2, 0.25) is 0 Å². The van der Waals surface area contributed by atoms with Crippen molar-refractivity contribution in [2.75, 3.05) is 5.32 Å². The van der Waals surface area contributed by atoms with E-state index >= 15 is 0 Å². The van der Waals surface area contributed by atoms with Gasteiger partial charge in [0, 0.05) is 16.5 Å². The third kappa shape index (κ3) is 4.25. The van der Waals surface area contributed by atoms with Crippen LogP contribution in [0.3, 0.4) is 0 Å². The number of oxime groups is 1. The summed E-state index contributed by atoms with van der Waals surface area (Å²) >= 11 is 0. The summed E-state index contributed by atoms with van der Waals surface area (Å²) in [4.78, 5) is 30.4. The van der Waals surface area contributed by atoms with Crippen LogP contribution >= 0.6 is 0 Å². The number of carbonyl (C=O) groups excluding carboxylic acids is 2. The Morgan fingerprint density at radius 3 is 2.00 bits per heavy atom. The predicted octanol–water partition coefficient (Wildman–Crippen LogP) is 5.68. The molecule has 0 spiro atoms. The van der Waals surface area contributed by atoms with E-state index in [1.165, 1.54) is 0 Å². The van der Waals surface area contributed by atoms with E-state index in [0.717, 1.165) is 10.8 Å². The molecule has 0 saturated heterocycles. The minimum absolute atomic E-state index is 0.0508. The van der Waals surface area contributed by atoms with E-state index in [4.69, 9.17) is 4.84 Å². The summed E-state index contributed by atoms with van der Waals surface area (Å²) in [6.45, 7) is 0. The maximum Gasteiger partial charge on any atom is 0.437 e. The van der Waals surface area contributed by atoms with Gasteiger partial charge in [-0.25, -0.2) is 4.79 Å². The molecule has 0 atom stereocenters. The lowest BCUT2D eigenvalue weighted by Gasteiger charge is -2.08. The van der Waals surface area contributed by atoms with Gasteiger partial charge in [-0.15, -0.1) is 0 Å². The van der Waals surface area contributed by atoms with E-state index in [9.17, 15) is 9.59 Å². The molecular formula is C25H18N2O3. The van der Waals surface area contributed by atoms with Gasteiger partial charge in [-0.3, -0.25) is 14.9 Å². The van der Waals surface area contributed by atoms with Crippen molar-refractivity contribution in [3.63, 3.8) is 0 Å². The average Bonchev–Trinajstić information content (AvgIpc) is 2.80. The highest BCUT2D eigenvalue weighted by molar-refractivity contribution is 6.51. The number of ketones is 1. The maximum absolute atomic E-state index is 12.9. The molecule has 4 rings (SSSR count). The van der Waals surface area contributed by atoms with Gasteiger partial charge in [0.05, 0.1) is 5.69 Å². The van der Waals surface area contributed by atoms with Gasteiger partial charge in [-0.1, -0.05) is 102 Å². The molecule has 0 aliphatic carbocycles. The Hall–Kier alpha value is -4.25. The average molecular weight is 394 g/mol. The number of Topliss-reactive ketones (excluding diaryl/α,β-unsaturated/α-hetero) is 1. The first kappa shape index (κ1) is 19.1. The number of nitrogens with zero attached hydrogens (tertiary/aromatic N) is 1. The summed E-state index contributed by atoms with van der Waals surface area (Å²) < 4.78 is 0. The lowest BCUT2D eigenvalue weighted by molar-refractivity contribution is 0.106. The smallest absolute Gasteiger partial charge is 0.297 e. The molecule has 1 N–H and O–H groups in total. The van der Waals surface area contributed by atoms with Gasteiger partial charge in [-0.05, 0) is 11.5 Å². The van der Waals surface area contributed by atoms with Crippen molar-refractivity contribution < 1.29 is 14.4 Å². The van der Waals surface area contributed by atoms with Gasteiger partial charge in [-0.2, -0.15) is 0 Å². The van der Waals surface area contributed by atoms with Crippen molar-refractivity contribution >= 4 is 34.0 Å². The van der Waals surface area contributed by atoms with E-state index in [1.54, 1.807) is 54.6 Å². The highest BCUT2D eigenvalue weighted by atomic mass is 16.7. The molecular weight excluding hydrogens is 376 g/mol. The zero-order valence-corrected chi connectivity index (χ0v) is 16.0. The zero-order valence-electron chi connectivity index (χ0n) is 16.0. The summed E-state index contributed by atoms with van der Waals surface area (Å²) in [6, 6.07) is 30.9. The summed E-state index contributed by atoms with van der Waals surface area (Å²) in [5.41, 5.74) is 1.67. The normalized spacial score (nSPS) is 11.1. The van der Waals surface area contributed by atoms with Gasteiger partial charge in [0.2, 0.25) is 5.78 Å². The Balaban J connectivity index is 1.59. The molecule has 0 heterocycles. The summed E-state index contributed by atoms with van der Waals surface area (Å²) in [5.74, 6) is -0.334. The number of benzene rings is 4. The Kier molecular flexibility index (Phi) is 5.62. The monoisotopic (exact) mass is 394 g/mol. The van der Waals surface area contributed by atoms with Gasteiger partial charge >= 0.3 is 6.09 Å². The largest absolute Gasteiger partial charge is 0.437 e. The van der Waals surface area contributed by atoms with Crippen LogP contribution in [0.5, 0.6) is 0 Å². The van der Waals surface area contributed by atoms with Crippen LogP contribution in [0.1, 0.15) is 15.9 Å². The fraction of sp³-hybridized carbons (Fsp3) is 0. The third-order valence-electron chi connectivity index (χ3n) is 4.54. The first-order chi connectivity index (χ1) is 14.7. The Morgan fingerprint density at radius 1 is 0.667 bits per heavy atom. The molecule has 0 saturated carbocycles. The first-order valence-electron chi connectivity index (χ1n) is 9.41. The SMILES string of the molecule is O=C(Nc1cccc2ccccc12)O/N=C(/C(=O)c1ccccc1)c1ccccc1. The fourth-order valence-electron chi connectivity index (χ4n) is 3.10. The summed E-state index contributed by atoms with van der Waals surface area (Å²) in [5, 5.41) is 8.46. The molecule has 0 unspecified atom stereocenters. The van der Waals surface area contributed by atoms with Crippen LogP contribution in [-0.2, 0) is 4.84 Å².